The molecule has 0 unspecified atom stereocenters. The van der Waals surface area contributed by atoms with Gasteiger partial charge in [0.2, 0.25) is 0 Å². The normalized spacial score (nSPS) is 8.82. The van der Waals surface area contributed by atoms with E-state index in [1.54, 1.807) is 6.92 Å². The van der Waals surface area contributed by atoms with Crippen LogP contribution in [0.5, 0.6) is 0 Å². The first-order valence-electron chi connectivity index (χ1n) is 3.44. The molecule has 0 amide bonds. The van der Waals surface area contributed by atoms with Crippen LogP contribution >= 0.6 is 0 Å². The number of ether oxygens (including phenoxy) is 1. The summed E-state index contributed by atoms with van der Waals surface area (Å²) < 4.78 is 4.71. The van der Waals surface area contributed by atoms with Crippen molar-refractivity contribution in [2.75, 3.05) is 6.61 Å². The molecule has 0 N–H and O–H groups in total. The summed E-state index contributed by atoms with van der Waals surface area (Å²) in [5, 5.41) is 0. The van der Waals surface area contributed by atoms with Crippen molar-refractivity contribution in [3.05, 3.63) is 12.2 Å². The lowest BCUT2D eigenvalue weighted by Crippen LogP contribution is -2.06. The van der Waals surface area contributed by atoms with Crippen LogP contribution in [0.1, 0.15) is 19.8 Å². The maximum Gasteiger partial charge on any atom is 0.333 e. The summed E-state index contributed by atoms with van der Waals surface area (Å²) in [5.74, 6) is -0.393. The topological polar surface area (TPSA) is 43.4 Å². The number of hydrogen-bond acceptors (Lipinski definition) is 3. The van der Waals surface area contributed by atoms with Gasteiger partial charge in [-0.2, -0.15) is 0 Å². The van der Waals surface area contributed by atoms with Gasteiger partial charge in [-0.1, -0.05) is 6.58 Å². The van der Waals surface area contributed by atoms with Gasteiger partial charge in [-0.05, 0) is 13.3 Å². The SMILES string of the molecule is C=C(C)C(=O)OCCCC=O. The summed E-state index contributed by atoms with van der Waals surface area (Å²) >= 11 is 0. The van der Waals surface area contributed by atoms with Gasteiger partial charge in [0.25, 0.3) is 0 Å². The molecule has 0 aliphatic carbocycles. The minimum atomic E-state index is -0.393. The fourth-order valence-corrected chi connectivity index (χ4v) is 0.455. The fraction of sp³-hybridized carbons (Fsp3) is 0.500. The Bertz CT molecular complexity index is 161. The zero-order valence-corrected chi connectivity index (χ0v) is 6.63. The second kappa shape index (κ2) is 5.65. The molecule has 0 heterocycles. The van der Waals surface area contributed by atoms with E-state index in [4.69, 9.17) is 4.74 Å². The number of hydrogen-bond donors (Lipinski definition) is 0. The van der Waals surface area contributed by atoms with E-state index in [0.717, 1.165) is 6.29 Å². The largest absolute Gasteiger partial charge is 0.462 e. The molecule has 0 atom stereocenters. The first-order chi connectivity index (χ1) is 5.18. The van der Waals surface area contributed by atoms with Crippen LogP contribution in [0.25, 0.3) is 0 Å². The highest BCUT2D eigenvalue weighted by Gasteiger charge is 2.00. The van der Waals surface area contributed by atoms with Gasteiger partial charge < -0.3 is 9.53 Å². The highest BCUT2D eigenvalue weighted by Crippen LogP contribution is 1.94. The molecular formula is C8H12O3. The standard InChI is InChI=1S/C8H12O3/c1-7(2)8(10)11-6-4-3-5-9/h5H,1,3-4,6H2,2H3. The van der Waals surface area contributed by atoms with Gasteiger partial charge >= 0.3 is 5.97 Å². The van der Waals surface area contributed by atoms with E-state index >= 15 is 0 Å². The molecule has 0 spiro atoms. The van der Waals surface area contributed by atoms with Crippen LogP contribution in [-0.4, -0.2) is 18.9 Å². The molecule has 0 fully saturated rings. The maximum atomic E-state index is 10.7. The number of carbonyl (C=O) groups excluding carboxylic acids is 2. The molecular weight excluding hydrogens is 144 g/mol. The van der Waals surface area contributed by atoms with Gasteiger partial charge in [-0.25, -0.2) is 4.79 Å². The van der Waals surface area contributed by atoms with Crippen LogP contribution in [-0.2, 0) is 14.3 Å². The maximum absolute atomic E-state index is 10.7. The average Bonchev–Trinajstić information content (AvgIpc) is 1.97. The lowest BCUT2D eigenvalue weighted by atomic mass is 10.3. The van der Waals surface area contributed by atoms with Crippen molar-refractivity contribution in [2.45, 2.75) is 19.8 Å². The van der Waals surface area contributed by atoms with Crippen LogP contribution in [0.15, 0.2) is 12.2 Å². The molecule has 0 aromatic carbocycles. The minimum absolute atomic E-state index is 0.296. The summed E-state index contributed by atoms with van der Waals surface area (Å²) in [6.07, 6.45) is 1.82. The molecule has 0 saturated carbocycles. The molecule has 0 aromatic rings. The third-order valence-electron chi connectivity index (χ3n) is 1.05. The third kappa shape index (κ3) is 5.33. The highest BCUT2D eigenvalue weighted by atomic mass is 16.5. The van der Waals surface area contributed by atoms with Gasteiger partial charge in [0.1, 0.15) is 6.29 Å². The lowest BCUT2D eigenvalue weighted by molar-refractivity contribution is -0.139. The average molecular weight is 156 g/mol. The molecule has 62 valence electrons. The van der Waals surface area contributed by atoms with E-state index in [1.807, 2.05) is 0 Å². The third-order valence-corrected chi connectivity index (χ3v) is 1.05. The van der Waals surface area contributed by atoms with Crippen LogP contribution in [0.2, 0.25) is 0 Å². The Hall–Kier alpha value is -1.12. The monoisotopic (exact) mass is 156 g/mol. The van der Waals surface area contributed by atoms with Crippen LogP contribution in [0.3, 0.4) is 0 Å². The number of rotatable bonds is 5. The quantitative estimate of drug-likeness (QED) is 0.259. The molecule has 0 aliphatic heterocycles. The van der Waals surface area contributed by atoms with Crippen LogP contribution in [0, 0.1) is 0 Å². The van der Waals surface area contributed by atoms with Crippen molar-refractivity contribution in [1.82, 2.24) is 0 Å². The van der Waals surface area contributed by atoms with E-state index < -0.39 is 5.97 Å². The Morgan fingerprint density at radius 2 is 2.27 bits per heavy atom. The molecule has 0 rings (SSSR count). The predicted molar refractivity (Wildman–Crippen MR) is 41.1 cm³/mol. The molecule has 0 aromatic heterocycles. The van der Waals surface area contributed by atoms with Crippen molar-refractivity contribution >= 4 is 12.3 Å². The Morgan fingerprint density at radius 1 is 1.64 bits per heavy atom. The Kier molecular flexibility index (Phi) is 5.07. The van der Waals surface area contributed by atoms with E-state index in [0.29, 0.717) is 25.0 Å². The summed E-state index contributed by atoms with van der Waals surface area (Å²) in [5.41, 5.74) is 0.385. The Labute approximate surface area is 66.0 Å². The lowest BCUT2D eigenvalue weighted by Gasteiger charge is -2.00. The number of unbranched alkanes of at least 4 members (excludes halogenated alkanes) is 1. The van der Waals surface area contributed by atoms with E-state index in [2.05, 4.69) is 6.58 Å². The number of esters is 1. The van der Waals surface area contributed by atoms with Gasteiger partial charge in [0.15, 0.2) is 0 Å². The smallest absolute Gasteiger partial charge is 0.333 e. The fourth-order valence-electron chi connectivity index (χ4n) is 0.455. The number of aldehydes is 1. The molecule has 0 bridgehead atoms. The minimum Gasteiger partial charge on any atom is -0.462 e. The zero-order valence-electron chi connectivity index (χ0n) is 6.63. The van der Waals surface area contributed by atoms with Crippen LogP contribution in [0.4, 0.5) is 0 Å². The Morgan fingerprint density at radius 3 is 2.73 bits per heavy atom. The summed E-state index contributed by atoms with van der Waals surface area (Å²) in [4.78, 5) is 20.5. The second-order valence-corrected chi connectivity index (χ2v) is 2.23. The van der Waals surface area contributed by atoms with E-state index in [9.17, 15) is 9.59 Å². The van der Waals surface area contributed by atoms with Crippen molar-refractivity contribution in [3.8, 4) is 0 Å². The molecule has 3 heteroatoms. The first kappa shape index (κ1) is 9.88. The van der Waals surface area contributed by atoms with E-state index in [-0.39, 0.29) is 0 Å². The van der Waals surface area contributed by atoms with Gasteiger partial charge in [0.05, 0.1) is 6.61 Å². The van der Waals surface area contributed by atoms with Crippen LogP contribution < -0.4 is 0 Å². The van der Waals surface area contributed by atoms with Gasteiger partial charge in [-0.15, -0.1) is 0 Å². The summed E-state index contributed by atoms with van der Waals surface area (Å²) in [6.45, 7) is 5.29. The second-order valence-electron chi connectivity index (χ2n) is 2.23. The van der Waals surface area contributed by atoms with E-state index in [1.165, 1.54) is 0 Å². The van der Waals surface area contributed by atoms with Crippen molar-refractivity contribution in [1.29, 1.82) is 0 Å². The summed E-state index contributed by atoms with van der Waals surface area (Å²) in [6, 6.07) is 0. The predicted octanol–water partition coefficient (Wildman–Crippen LogP) is 1.08. The number of carbonyl (C=O) groups is 2. The van der Waals surface area contributed by atoms with Gasteiger partial charge in [-0.3, -0.25) is 0 Å². The van der Waals surface area contributed by atoms with Gasteiger partial charge in [0, 0.05) is 12.0 Å². The zero-order chi connectivity index (χ0) is 8.69. The molecule has 3 nitrogen and oxygen atoms in total. The Balaban J connectivity index is 3.31. The summed E-state index contributed by atoms with van der Waals surface area (Å²) in [7, 11) is 0. The molecule has 0 saturated heterocycles. The molecule has 11 heavy (non-hydrogen) atoms. The van der Waals surface area contributed by atoms with Crippen molar-refractivity contribution in [2.24, 2.45) is 0 Å². The molecule has 0 aliphatic rings. The first-order valence-corrected chi connectivity index (χ1v) is 3.44. The molecule has 0 radical (unpaired) electrons. The van der Waals surface area contributed by atoms with Crippen molar-refractivity contribution < 1.29 is 14.3 Å². The van der Waals surface area contributed by atoms with Crippen molar-refractivity contribution in [3.63, 3.8) is 0 Å². The highest BCUT2D eigenvalue weighted by molar-refractivity contribution is 5.86.